The Morgan fingerprint density at radius 1 is 1.06 bits per heavy atom. The van der Waals surface area contributed by atoms with Gasteiger partial charge in [-0.15, -0.1) is 18.3 Å². The van der Waals surface area contributed by atoms with E-state index < -0.39 is 18.1 Å². The topological polar surface area (TPSA) is 86.6 Å². The van der Waals surface area contributed by atoms with Crippen molar-refractivity contribution in [2.75, 3.05) is 13.1 Å². The number of rotatable bonds is 3. The van der Waals surface area contributed by atoms with E-state index in [9.17, 15) is 22.8 Å². The molecule has 11 heteroatoms. The molecule has 0 aliphatic carbocycles. The highest BCUT2D eigenvalue weighted by molar-refractivity contribution is 5.83. The summed E-state index contributed by atoms with van der Waals surface area (Å²) in [5.74, 6) is -0.332. The van der Waals surface area contributed by atoms with Crippen LogP contribution in [-0.2, 0) is 4.74 Å². The molecule has 1 amide bonds. The lowest BCUT2D eigenvalue weighted by atomic mass is 10.0. The second kappa shape index (κ2) is 8.62. The van der Waals surface area contributed by atoms with Crippen LogP contribution in [0.15, 0.2) is 47.3 Å². The van der Waals surface area contributed by atoms with Gasteiger partial charge in [0.1, 0.15) is 16.9 Å². The predicted molar refractivity (Wildman–Crippen MR) is 117 cm³/mol. The summed E-state index contributed by atoms with van der Waals surface area (Å²) < 4.78 is 47.7. The number of alkyl halides is 3. The number of fused-ring (bicyclic) bond motifs is 1. The number of carbonyl (C=O) groups is 1. The predicted octanol–water partition coefficient (Wildman–Crippen LogP) is 4.54. The van der Waals surface area contributed by atoms with Crippen molar-refractivity contribution in [2.24, 2.45) is 0 Å². The van der Waals surface area contributed by atoms with Crippen LogP contribution in [-0.4, -0.2) is 51.0 Å². The van der Waals surface area contributed by atoms with E-state index in [1.807, 2.05) is 0 Å². The molecule has 3 aromatic rings. The molecule has 0 unspecified atom stereocenters. The lowest BCUT2D eigenvalue weighted by Gasteiger charge is -2.24. The zero-order chi connectivity index (χ0) is 24.7. The first kappa shape index (κ1) is 23.5. The van der Waals surface area contributed by atoms with Crippen molar-refractivity contribution in [1.82, 2.24) is 19.9 Å². The summed E-state index contributed by atoms with van der Waals surface area (Å²) in [7, 11) is 0. The summed E-state index contributed by atoms with van der Waals surface area (Å²) in [6.07, 6.45) is -4.69. The highest BCUT2D eigenvalue weighted by Crippen LogP contribution is 2.28. The van der Waals surface area contributed by atoms with E-state index in [4.69, 9.17) is 4.74 Å². The molecule has 34 heavy (non-hydrogen) atoms. The van der Waals surface area contributed by atoms with Crippen LogP contribution in [0.1, 0.15) is 33.2 Å². The summed E-state index contributed by atoms with van der Waals surface area (Å²) in [6, 6.07) is 9.99. The number of likely N-dealkylation sites (tertiary alicyclic amines) is 1. The van der Waals surface area contributed by atoms with Crippen LogP contribution in [0.5, 0.6) is 5.75 Å². The van der Waals surface area contributed by atoms with Crippen molar-refractivity contribution in [2.45, 2.75) is 45.2 Å². The Labute approximate surface area is 192 Å². The molecule has 8 nitrogen and oxygen atoms in total. The summed E-state index contributed by atoms with van der Waals surface area (Å²) in [5.41, 5.74) is 0.645. The molecule has 0 N–H and O–H groups in total. The van der Waals surface area contributed by atoms with Crippen LogP contribution in [0.4, 0.5) is 18.0 Å². The minimum atomic E-state index is -4.77. The third-order valence-corrected chi connectivity index (χ3v) is 5.27. The number of benzene rings is 2. The van der Waals surface area contributed by atoms with Gasteiger partial charge in [-0.3, -0.25) is 4.79 Å². The first-order valence-corrected chi connectivity index (χ1v) is 10.6. The van der Waals surface area contributed by atoms with Crippen LogP contribution in [0.25, 0.3) is 22.0 Å². The number of aromatic nitrogens is 3. The van der Waals surface area contributed by atoms with Crippen molar-refractivity contribution in [3.63, 3.8) is 0 Å². The number of amides is 1. The van der Waals surface area contributed by atoms with E-state index in [1.165, 1.54) is 33.8 Å². The standard InChI is InChI=1S/C23H23F3N4O4/c1-22(2,3)34-21(32)29-11-10-16(13-29)30-20(31)18-12-15(6-9-19(18)27-28-30)14-4-7-17(8-5-14)33-23(24,25)26/h4-9,12,16H,10-11,13H2,1-3H3/t16-/m0/s1. The van der Waals surface area contributed by atoms with Crippen LogP contribution in [0.3, 0.4) is 0 Å². The van der Waals surface area contributed by atoms with Crippen molar-refractivity contribution >= 4 is 17.0 Å². The largest absolute Gasteiger partial charge is 0.573 e. The molecule has 180 valence electrons. The Balaban J connectivity index is 1.58. The van der Waals surface area contributed by atoms with Crippen LogP contribution < -0.4 is 10.3 Å². The van der Waals surface area contributed by atoms with E-state index in [0.717, 1.165) is 0 Å². The number of nitrogens with zero attached hydrogens (tertiary/aromatic N) is 4. The molecule has 1 fully saturated rings. The minimum Gasteiger partial charge on any atom is -0.444 e. The summed E-state index contributed by atoms with van der Waals surface area (Å²) >= 11 is 0. The average Bonchev–Trinajstić information content (AvgIpc) is 3.22. The lowest BCUT2D eigenvalue weighted by molar-refractivity contribution is -0.274. The maximum atomic E-state index is 13.2. The van der Waals surface area contributed by atoms with E-state index in [2.05, 4.69) is 15.0 Å². The van der Waals surface area contributed by atoms with Gasteiger partial charge in [0.05, 0.1) is 11.4 Å². The molecular formula is C23H23F3N4O4. The zero-order valence-corrected chi connectivity index (χ0v) is 18.8. The van der Waals surface area contributed by atoms with Gasteiger partial charge in [-0.1, -0.05) is 23.4 Å². The summed E-state index contributed by atoms with van der Waals surface area (Å²) in [5, 5.41) is 8.51. The molecule has 1 aliphatic heterocycles. The number of carbonyl (C=O) groups excluding carboxylic acids is 1. The van der Waals surface area contributed by atoms with Gasteiger partial charge in [-0.05, 0) is 62.6 Å². The van der Waals surface area contributed by atoms with Crippen molar-refractivity contribution < 1.29 is 27.4 Å². The maximum absolute atomic E-state index is 13.2. The molecule has 1 aromatic heterocycles. The molecule has 1 atom stereocenters. The normalized spacial score (nSPS) is 16.6. The highest BCUT2D eigenvalue weighted by atomic mass is 19.4. The fourth-order valence-electron chi connectivity index (χ4n) is 3.76. The van der Waals surface area contributed by atoms with E-state index in [0.29, 0.717) is 35.0 Å². The van der Waals surface area contributed by atoms with E-state index in [1.54, 1.807) is 39.0 Å². The van der Waals surface area contributed by atoms with E-state index >= 15 is 0 Å². The fourth-order valence-corrected chi connectivity index (χ4v) is 3.76. The molecular weight excluding hydrogens is 453 g/mol. The average molecular weight is 476 g/mol. The maximum Gasteiger partial charge on any atom is 0.573 e. The van der Waals surface area contributed by atoms with Crippen molar-refractivity contribution in [3.8, 4) is 16.9 Å². The zero-order valence-electron chi connectivity index (χ0n) is 18.8. The molecule has 4 rings (SSSR count). The second-order valence-corrected chi connectivity index (χ2v) is 9.01. The number of hydrogen-bond acceptors (Lipinski definition) is 6. The van der Waals surface area contributed by atoms with Gasteiger partial charge in [-0.2, -0.15) is 0 Å². The fraction of sp³-hybridized carbons (Fsp3) is 0.391. The van der Waals surface area contributed by atoms with Gasteiger partial charge in [0.15, 0.2) is 0 Å². The van der Waals surface area contributed by atoms with Crippen molar-refractivity contribution in [1.29, 1.82) is 0 Å². The third kappa shape index (κ3) is 5.29. The molecule has 2 heterocycles. The smallest absolute Gasteiger partial charge is 0.444 e. The van der Waals surface area contributed by atoms with Gasteiger partial charge >= 0.3 is 12.5 Å². The Hall–Kier alpha value is -3.63. The lowest BCUT2D eigenvalue weighted by Crippen LogP contribution is -2.36. The monoisotopic (exact) mass is 476 g/mol. The molecule has 0 bridgehead atoms. The second-order valence-electron chi connectivity index (χ2n) is 9.01. The molecule has 0 saturated carbocycles. The van der Waals surface area contributed by atoms with Gasteiger partial charge in [-0.25, -0.2) is 9.48 Å². The number of ether oxygens (including phenoxy) is 2. The first-order chi connectivity index (χ1) is 15.9. The van der Waals surface area contributed by atoms with Crippen molar-refractivity contribution in [3.05, 3.63) is 52.8 Å². The van der Waals surface area contributed by atoms with Gasteiger partial charge in [0.2, 0.25) is 0 Å². The van der Waals surface area contributed by atoms with E-state index in [-0.39, 0.29) is 23.9 Å². The highest BCUT2D eigenvalue weighted by Gasteiger charge is 2.32. The Morgan fingerprint density at radius 3 is 2.38 bits per heavy atom. The molecule has 1 aliphatic rings. The minimum absolute atomic E-state index is 0.273. The Bertz CT molecular complexity index is 1270. The van der Waals surface area contributed by atoms with Gasteiger partial charge < -0.3 is 14.4 Å². The van der Waals surface area contributed by atoms with Gasteiger partial charge in [0, 0.05) is 13.1 Å². The Morgan fingerprint density at radius 2 is 1.74 bits per heavy atom. The van der Waals surface area contributed by atoms with Gasteiger partial charge in [0.25, 0.3) is 5.56 Å². The number of hydrogen-bond donors (Lipinski definition) is 0. The third-order valence-electron chi connectivity index (χ3n) is 5.27. The molecule has 0 spiro atoms. The SMILES string of the molecule is CC(C)(C)OC(=O)N1CC[C@H](n2nnc3ccc(-c4ccc(OC(F)(F)F)cc4)cc3c2=O)C1. The van der Waals surface area contributed by atoms with Crippen LogP contribution in [0.2, 0.25) is 0 Å². The summed E-state index contributed by atoms with van der Waals surface area (Å²) in [4.78, 5) is 27.1. The summed E-state index contributed by atoms with van der Waals surface area (Å²) in [6.45, 7) is 6.05. The quantitative estimate of drug-likeness (QED) is 0.552. The van der Waals surface area contributed by atoms with Crippen LogP contribution >= 0.6 is 0 Å². The molecule has 0 radical (unpaired) electrons. The first-order valence-electron chi connectivity index (χ1n) is 10.6. The Kier molecular flexibility index (Phi) is 5.96. The molecule has 2 aromatic carbocycles. The van der Waals surface area contributed by atoms with Crippen LogP contribution in [0, 0.1) is 0 Å². The molecule has 1 saturated heterocycles. The number of halogens is 3.